The first kappa shape index (κ1) is 13.6. The fourth-order valence-electron chi connectivity index (χ4n) is 2.17. The lowest BCUT2D eigenvalue weighted by atomic mass is 10.1. The van der Waals surface area contributed by atoms with E-state index in [-0.39, 0.29) is 0 Å². The van der Waals surface area contributed by atoms with Crippen LogP contribution in [0.3, 0.4) is 0 Å². The van der Waals surface area contributed by atoms with Gasteiger partial charge in [-0.15, -0.1) is 0 Å². The van der Waals surface area contributed by atoms with Gasteiger partial charge in [-0.25, -0.2) is 0 Å². The Bertz CT molecular complexity index is 513. The summed E-state index contributed by atoms with van der Waals surface area (Å²) in [6, 6.07) is 17.7. The van der Waals surface area contributed by atoms with E-state index in [2.05, 4.69) is 17.0 Å². The number of rotatable bonds is 5. The van der Waals surface area contributed by atoms with Crippen molar-refractivity contribution in [3.05, 3.63) is 65.7 Å². The van der Waals surface area contributed by atoms with E-state index in [0.29, 0.717) is 12.2 Å². The molecule has 3 N–H and O–H groups in total. The molecule has 0 radical (unpaired) electrons. The number of nitrogen functional groups attached to an aromatic ring is 1. The maximum atomic E-state index is 10.2. The van der Waals surface area contributed by atoms with Gasteiger partial charge in [0.2, 0.25) is 0 Å². The molecule has 0 spiro atoms. The van der Waals surface area contributed by atoms with Gasteiger partial charge < -0.3 is 10.8 Å². The van der Waals surface area contributed by atoms with Crippen molar-refractivity contribution in [3.63, 3.8) is 0 Å². The topological polar surface area (TPSA) is 49.5 Å². The minimum Gasteiger partial charge on any atom is -0.398 e. The molecule has 0 saturated heterocycles. The Kier molecular flexibility index (Phi) is 4.55. The van der Waals surface area contributed by atoms with Crippen molar-refractivity contribution >= 4 is 5.69 Å². The molecule has 0 amide bonds. The first-order chi connectivity index (χ1) is 9.16. The molecule has 0 fully saturated rings. The maximum Gasteiger partial charge on any atom is 0.0936 e. The molecule has 0 aliphatic rings. The van der Waals surface area contributed by atoms with Gasteiger partial charge in [0.15, 0.2) is 0 Å². The number of nitrogens with two attached hydrogens (primary N) is 1. The van der Waals surface area contributed by atoms with Crippen LogP contribution in [-0.4, -0.2) is 23.6 Å². The van der Waals surface area contributed by atoms with Crippen LogP contribution in [0.1, 0.15) is 17.2 Å². The van der Waals surface area contributed by atoms with E-state index >= 15 is 0 Å². The number of benzene rings is 2. The van der Waals surface area contributed by atoms with Gasteiger partial charge in [-0.2, -0.15) is 0 Å². The Labute approximate surface area is 114 Å². The monoisotopic (exact) mass is 256 g/mol. The smallest absolute Gasteiger partial charge is 0.0936 e. The Morgan fingerprint density at radius 1 is 1.05 bits per heavy atom. The third-order valence-electron chi connectivity index (χ3n) is 3.13. The number of aliphatic hydroxyl groups is 1. The molecule has 0 heterocycles. The number of aliphatic hydroxyl groups excluding tert-OH is 1. The van der Waals surface area contributed by atoms with Gasteiger partial charge in [0.05, 0.1) is 6.10 Å². The molecule has 0 bridgehead atoms. The van der Waals surface area contributed by atoms with Crippen LogP contribution in [0, 0.1) is 0 Å². The van der Waals surface area contributed by atoms with E-state index in [0.717, 1.165) is 12.1 Å². The number of para-hydroxylation sites is 1. The number of anilines is 1. The number of hydrogen-bond acceptors (Lipinski definition) is 3. The molecule has 0 aromatic heterocycles. The second kappa shape index (κ2) is 6.36. The highest BCUT2D eigenvalue weighted by molar-refractivity contribution is 5.47. The fraction of sp³-hybridized carbons (Fsp3) is 0.250. The normalized spacial score (nSPS) is 12.6. The van der Waals surface area contributed by atoms with Gasteiger partial charge >= 0.3 is 0 Å². The lowest BCUT2D eigenvalue weighted by Gasteiger charge is -2.21. The zero-order chi connectivity index (χ0) is 13.7. The molecule has 0 saturated carbocycles. The van der Waals surface area contributed by atoms with Crippen LogP contribution in [0.2, 0.25) is 0 Å². The van der Waals surface area contributed by atoms with Crippen molar-refractivity contribution < 1.29 is 5.11 Å². The first-order valence-corrected chi connectivity index (χ1v) is 6.42. The number of likely N-dealkylation sites (N-methyl/N-ethyl adjacent to an activating group) is 1. The van der Waals surface area contributed by atoms with Crippen LogP contribution >= 0.6 is 0 Å². The van der Waals surface area contributed by atoms with E-state index < -0.39 is 6.10 Å². The van der Waals surface area contributed by atoms with E-state index in [4.69, 9.17) is 5.73 Å². The molecular formula is C16H20N2O. The summed E-state index contributed by atoms with van der Waals surface area (Å²) < 4.78 is 0. The molecule has 1 atom stereocenters. The van der Waals surface area contributed by atoms with Crippen LogP contribution in [0.4, 0.5) is 5.69 Å². The number of nitrogens with zero attached hydrogens (tertiary/aromatic N) is 1. The Morgan fingerprint density at radius 2 is 1.68 bits per heavy atom. The van der Waals surface area contributed by atoms with Crippen LogP contribution in [0.5, 0.6) is 0 Å². The third kappa shape index (κ3) is 3.81. The third-order valence-corrected chi connectivity index (χ3v) is 3.13. The highest BCUT2D eigenvalue weighted by atomic mass is 16.3. The van der Waals surface area contributed by atoms with Crippen molar-refractivity contribution in [1.29, 1.82) is 0 Å². The van der Waals surface area contributed by atoms with Crippen LogP contribution in [0.25, 0.3) is 0 Å². The van der Waals surface area contributed by atoms with E-state index in [1.807, 2.05) is 49.5 Å². The second-order valence-corrected chi connectivity index (χ2v) is 4.83. The van der Waals surface area contributed by atoms with Crippen molar-refractivity contribution in [3.8, 4) is 0 Å². The van der Waals surface area contributed by atoms with Crippen molar-refractivity contribution in [2.75, 3.05) is 19.3 Å². The summed E-state index contributed by atoms with van der Waals surface area (Å²) in [7, 11) is 2.00. The Hall–Kier alpha value is -1.84. The summed E-state index contributed by atoms with van der Waals surface area (Å²) in [6.07, 6.45) is -0.560. The van der Waals surface area contributed by atoms with E-state index in [1.54, 1.807) is 0 Å². The molecule has 3 nitrogen and oxygen atoms in total. The molecule has 3 heteroatoms. The summed E-state index contributed by atoms with van der Waals surface area (Å²) in [4.78, 5) is 2.09. The van der Waals surface area contributed by atoms with Crippen molar-refractivity contribution in [2.45, 2.75) is 12.6 Å². The zero-order valence-corrected chi connectivity index (χ0v) is 11.2. The molecule has 2 aromatic rings. The van der Waals surface area contributed by atoms with E-state index in [9.17, 15) is 5.11 Å². The molecule has 100 valence electrons. The van der Waals surface area contributed by atoms with E-state index in [1.165, 1.54) is 5.56 Å². The quantitative estimate of drug-likeness (QED) is 0.808. The predicted octanol–water partition coefficient (Wildman–Crippen LogP) is 2.43. The van der Waals surface area contributed by atoms with Gasteiger partial charge in [-0.3, -0.25) is 4.90 Å². The maximum absolute atomic E-state index is 10.2. The van der Waals surface area contributed by atoms with Gasteiger partial charge in [0.1, 0.15) is 0 Å². The van der Waals surface area contributed by atoms with Crippen LogP contribution < -0.4 is 5.73 Å². The number of hydrogen-bond donors (Lipinski definition) is 2. The highest BCUT2D eigenvalue weighted by Gasteiger charge is 2.13. The predicted molar refractivity (Wildman–Crippen MR) is 78.6 cm³/mol. The SMILES string of the molecule is CN(Cc1ccccc1)CC(O)c1ccccc1N. The van der Waals surface area contributed by atoms with Gasteiger partial charge in [-0.05, 0) is 18.7 Å². The Balaban J connectivity index is 1.96. The standard InChI is InChI=1S/C16H20N2O/c1-18(11-13-7-3-2-4-8-13)12-16(19)14-9-5-6-10-15(14)17/h2-10,16,19H,11-12,17H2,1H3. The average molecular weight is 256 g/mol. The average Bonchev–Trinajstić information content (AvgIpc) is 2.40. The second-order valence-electron chi connectivity index (χ2n) is 4.83. The van der Waals surface area contributed by atoms with Gasteiger partial charge in [0, 0.05) is 24.3 Å². The zero-order valence-electron chi connectivity index (χ0n) is 11.2. The van der Waals surface area contributed by atoms with Crippen molar-refractivity contribution in [1.82, 2.24) is 4.90 Å². The lowest BCUT2D eigenvalue weighted by Crippen LogP contribution is -2.24. The van der Waals surface area contributed by atoms with Crippen LogP contribution in [0.15, 0.2) is 54.6 Å². The largest absolute Gasteiger partial charge is 0.398 e. The summed E-state index contributed by atoms with van der Waals surface area (Å²) in [5.41, 5.74) is 8.54. The molecule has 0 aliphatic heterocycles. The molecule has 19 heavy (non-hydrogen) atoms. The summed E-state index contributed by atoms with van der Waals surface area (Å²) in [6.45, 7) is 1.37. The minimum absolute atomic E-state index is 0.559. The lowest BCUT2D eigenvalue weighted by molar-refractivity contribution is 0.124. The molecule has 2 rings (SSSR count). The molecule has 1 unspecified atom stereocenters. The van der Waals surface area contributed by atoms with Gasteiger partial charge in [0.25, 0.3) is 0 Å². The van der Waals surface area contributed by atoms with Crippen molar-refractivity contribution in [2.24, 2.45) is 0 Å². The molecule has 2 aromatic carbocycles. The van der Waals surface area contributed by atoms with Crippen LogP contribution in [-0.2, 0) is 6.54 Å². The highest BCUT2D eigenvalue weighted by Crippen LogP contribution is 2.20. The summed E-state index contributed by atoms with van der Waals surface area (Å²) >= 11 is 0. The summed E-state index contributed by atoms with van der Waals surface area (Å²) in [5, 5.41) is 10.2. The summed E-state index contributed by atoms with van der Waals surface area (Å²) in [5.74, 6) is 0. The van der Waals surface area contributed by atoms with Gasteiger partial charge in [-0.1, -0.05) is 48.5 Å². The fourth-order valence-corrected chi connectivity index (χ4v) is 2.17. The Morgan fingerprint density at radius 3 is 2.37 bits per heavy atom. The minimum atomic E-state index is -0.560. The molecular weight excluding hydrogens is 236 g/mol. The first-order valence-electron chi connectivity index (χ1n) is 6.42. The molecule has 0 aliphatic carbocycles.